The fourth-order valence-electron chi connectivity index (χ4n) is 6.13. The molecule has 5 nitrogen and oxygen atoms in total. The van der Waals surface area contributed by atoms with Crippen LogP contribution in [0.1, 0.15) is 51.7 Å². The van der Waals surface area contributed by atoms with Crippen LogP contribution in [0, 0.1) is 11.8 Å². The Kier molecular flexibility index (Phi) is 6.77. The Bertz CT molecular complexity index is 1750. The van der Waals surface area contributed by atoms with E-state index in [4.69, 9.17) is 0 Å². The molecular formula is C32H33F3N3O2S+. The van der Waals surface area contributed by atoms with Gasteiger partial charge in [0, 0.05) is 47.0 Å². The van der Waals surface area contributed by atoms with Gasteiger partial charge in [-0.3, -0.25) is 4.72 Å². The minimum Gasteiger partial charge on any atom is -0.347 e. The Morgan fingerprint density at radius 1 is 0.927 bits per heavy atom. The van der Waals surface area contributed by atoms with Crippen LogP contribution in [0.25, 0.3) is 0 Å². The lowest BCUT2D eigenvalue weighted by atomic mass is 9.82. The predicted octanol–water partition coefficient (Wildman–Crippen LogP) is 6.42. The van der Waals surface area contributed by atoms with Crippen molar-refractivity contribution in [1.82, 2.24) is 4.72 Å². The van der Waals surface area contributed by atoms with Gasteiger partial charge in [-0.1, -0.05) is 62.2 Å². The fourth-order valence-corrected chi connectivity index (χ4v) is 6.77. The van der Waals surface area contributed by atoms with E-state index in [1.54, 1.807) is 6.08 Å². The summed E-state index contributed by atoms with van der Waals surface area (Å²) in [6.07, 6.45) is 4.26. The molecule has 5 rings (SSSR count). The third-order valence-corrected chi connectivity index (χ3v) is 9.47. The number of rotatable bonds is 3. The van der Waals surface area contributed by atoms with Crippen molar-refractivity contribution in [3.63, 3.8) is 0 Å². The quantitative estimate of drug-likeness (QED) is 0.337. The maximum Gasteiger partial charge on any atom is 0.516 e. The molecule has 2 heterocycles. The van der Waals surface area contributed by atoms with Crippen molar-refractivity contribution in [3.05, 3.63) is 94.4 Å². The molecule has 0 amide bonds. The molecule has 9 heteroatoms. The molecule has 2 aromatic rings. The molecule has 0 radical (unpaired) electrons. The SMILES string of the molecule is CN1C(=CC=C2CCC(C#CC3=[N+](C)c4ccccc4C3(C)C)=C2NS(=O)(=O)C(F)(F)F)C(C)(C)c2ccccc21. The van der Waals surface area contributed by atoms with Crippen LogP contribution in [-0.2, 0) is 20.9 Å². The number of halogens is 3. The highest BCUT2D eigenvalue weighted by atomic mass is 32.2. The number of benzene rings is 2. The molecule has 0 saturated carbocycles. The third-order valence-electron chi connectivity index (χ3n) is 8.39. The Balaban J connectivity index is 1.59. The Morgan fingerprint density at radius 3 is 2.20 bits per heavy atom. The van der Waals surface area contributed by atoms with E-state index in [-0.39, 0.29) is 11.1 Å². The monoisotopic (exact) mass is 580 g/mol. The van der Waals surface area contributed by atoms with E-state index in [2.05, 4.69) is 36.7 Å². The number of fused-ring (bicyclic) bond motifs is 2. The molecule has 3 aliphatic rings. The van der Waals surface area contributed by atoms with E-state index in [1.807, 2.05) is 85.8 Å². The molecule has 0 unspecified atom stereocenters. The van der Waals surface area contributed by atoms with Crippen LogP contribution < -0.4 is 9.62 Å². The predicted molar refractivity (Wildman–Crippen MR) is 157 cm³/mol. The van der Waals surface area contributed by atoms with Gasteiger partial charge in [0.1, 0.15) is 7.05 Å². The summed E-state index contributed by atoms with van der Waals surface area (Å²) in [6.45, 7) is 8.27. The van der Waals surface area contributed by atoms with E-state index in [0.717, 1.165) is 33.9 Å². The minimum atomic E-state index is -5.64. The zero-order valence-corrected chi connectivity index (χ0v) is 24.8. The van der Waals surface area contributed by atoms with Crippen LogP contribution in [0.5, 0.6) is 0 Å². The molecule has 2 aliphatic heterocycles. The average Bonchev–Trinajstić information content (AvgIpc) is 3.43. The molecule has 0 saturated heterocycles. The number of hydrogen-bond donors (Lipinski definition) is 1. The number of nitrogens with one attached hydrogen (secondary N) is 1. The van der Waals surface area contributed by atoms with Gasteiger partial charge >= 0.3 is 15.5 Å². The smallest absolute Gasteiger partial charge is 0.347 e. The van der Waals surface area contributed by atoms with E-state index >= 15 is 0 Å². The van der Waals surface area contributed by atoms with Crippen molar-refractivity contribution in [2.75, 3.05) is 19.0 Å². The summed E-state index contributed by atoms with van der Waals surface area (Å²) in [5, 5.41) is 0. The van der Waals surface area contributed by atoms with E-state index < -0.39 is 20.9 Å². The Labute approximate surface area is 239 Å². The first-order chi connectivity index (χ1) is 19.1. The molecule has 1 N–H and O–H groups in total. The summed E-state index contributed by atoms with van der Waals surface area (Å²) in [4.78, 5) is 2.05. The molecule has 2 aromatic carbocycles. The number of nitrogens with zero attached hydrogens (tertiary/aromatic N) is 2. The topological polar surface area (TPSA) is 52.4 Å². The van der Waals surface area contributed by atoms with Gasteiger partial charge in [0.25, 0.3) is 0 Å². The second-order valence-corrected chi connectivity index (χ2v) is 13.3. The van der Waals surface area contributed by atoms with Gasteiger partial charge in [-0.2, -0.15) is 26.2 Å². The van der Waals surface area contributed by atoms with Crippen LogP contribution in [0.15, 0.2) is 83.2 Å². The van der Waals surface area contributed by atoms with Crippen molar-refractivity contribution in [2.24, 2.45) is 0 Å². The molecule has 0 aromatic heterocycles. The lowest BCUT2D eigenvalue weighted by Crippen LogP contribution is -2.36. The maximum absolute atomic E-state index is 13.5. The Morgan fingerprint density at radius 2 is 1.56 bits per heavy atom. The lowest BCUT2D eigenvalue weighted by Gasteiger charge is -2.24. The molecule has 0 atom stereocenters. The van der Waals surface area contributed by atoms with Crippen molar-refractivity contribution < 1.29 is 26.2 Å². The molecule has 214 valence electrons. The zero-order chi connectivity index (χ0) is 30.0. The van der Waals surface area contributed by atoms with Crippen molar-refractivity contribution in [3.8, 4) is 11.8 Å². The average molecular weight is 581 g/mol. The van der Waals surface area contributed by atoms with Gasteiger partial charge < -0.3 is 4.90 Å². The fraction of sp³-hybridized carbons (Fsp3) is 0.344. The first-order valence-electron chi connectivity index (χ1n) is 13.4. The highest BCUT2D eigenvalue weighted by molar-refractivity contribution is 7.90. The minimum absolute atomic E-state index is 0.0979. The van der Waals surface area contributed by atoms with Crippen molar-refractivity contribution in [2.45, 2.75) is 56.9 Å². The normalized spacial score (nSPS) is 21.3. The van der Waals surface area contributed by atoms with Crippen LogP contribution >= 0.6 is 0 Å². The number of anilines is 1. The first kappa shape index (κ1) is 28.7. The second-order valence-electron chi connectivity index (χ2n) is 11.6. The summed E-state index contributed by atoms with van der Waals surface area (Å²) in [6, 6.07) is 16.0. The highest BCUT2D eigenvalue weighted by Gasteiger charge is 2.47. The largest absolute Gasteiger partial charge is 0.516 e. The first-order valence-corrected chi connectivity index (χ1v) is 14.9. The molecule has 1 aliphatic carbocycles. The Hall–Kier alpha value is -3.77. The third kappa shape index (κ3) is 4.68. The summed E-state index contributed by atoms with van der Waals surface area (Å²) in [7, 11) is -1.79. The molecular weight excluding hydrogens is 547 g/mol. The number of hydrogen-bond acceptors (Lipinski definition) is 3. The van der Waals surface area contributed by atoms with Gasteiger partial charge in [-0.05, 0) is 50.0 Å². The molecule has 0 spiro atoms. The van der Waals surface area contributed by atoms with Crippen LogP contribution in [0.2, 0.25) is 0 Å². The van der Waals surface area contributed by atoms with Crippen molar-refractivity contribution in [1.29, 1.82) is 0 Å². The van der Waals surface area contributed by atoms with Gasteiger partial charge in [0.15, 0.2) is 0 Å². The van der Waals surface area contributed by atoms with Crippen LogP contribution in [0.4, 0.5) is 24.5 Å². The summed E-state index contributed by atoms with van der Waals surface area (Å²) in [5.41, 5.74) is 0.516. The van der Waals surface area contributed by atoms with Gasteiger partial charge in [-0.25, -0.2) is 0 Å². The second kappa shape index (κ2) is 9.66. The van der Waals surface area contributed by atoms with Gasteiger partial charge in [-0.15, -0.1) is 0 Å². The van der Waals surface area contributed by atoms with E-state index in [1.165, 1.54) is 0 Å². The van der Waals surface area contributed by atoms with Gasteiger partial charge in [0.05, 0.1) is 11.1 Å². The van der Waals surface area contributed by atoms with Gasteiger partial charge in [0.2, 0.25) is 11.4 Å². The van der Waals surface area contributed by atoms with Crippen molar-refractivity contribution >= 4 is 27.1 Å². The number of para-hydroxylation sites is 2. The standard InChI is InChI=1S/C32H32F3N3O2S/c1-30(2)23-11-7-9-13-25(23)37(5)27(30)19-17-21-15-16-22(29(21)36-41(39,40)32(33,34)35)18-20-28-31(3,4)24-12-8-10-14-26(24)38(28)6/h7-14,17,19H,15-16H2,1-6H3/p+1. The van der Waals surface area contributed by atoms with Crippen LogP contribution in [0.3, 0.4) is 0 Å². The molecule has 0 bridgehead atoms. The van der Waals surface area contributed by atoms with E-state index in [9.17, 15) is 21.6 Å². The summed E-state index contributed by atoms with van der Waals surface area (Å²) in [5.74, 6) is 6.23. The number of alkyl halides is 3. The number of allylic oxidation sites excluding steroid dienone is 5. The number of sulfonamides is 1. The summed E-state index contributed by atoms with van der Waals surface area (Å²) < 4.78 is 68.7. The maximum atomic E-state index is 13.5. The molecule has 0 fully saturated rings. The van der Waals surface area contributed by atoms with E-state index in [0.29, 0.717) is 24.0 Å². The summed E-state index contributed by atoms with van der Waals surface area (Å²) >= 11 is 0. The highest BCUT2D eigenvalue weighted by Crippen LogP contribution is 2.47. The lowest BCUT2D eigenvalue weighted by molar-refractivity contribution is -0.401. The molecule has 41 heavy (non-hydrogen) atoms. The zero-order valence-electron chi connectivity index (χ0n) is 23.9. The number of likely N-dealkylation sites (N-methyl/N-ethyl adjacent to an activating group) is 1. The van der Waals surface area contributed by atoms with Crippen LogP contribution in [-0.4, -0.2) is 38.3 Å².